The second-order valence-corrected chi connectivity index (χ2v) is 4.68. The molecule has 6 heteroatoms. The van der Waals surface area contributed by atoms with Gasteiger partial charge in [0.05, 0.1) is 10.8 Å². The van der Waals surface area contributed by atoms with Crippen LogP contribution in [0.25, 0.3) is 0 Å². The number of hydrogen-bond donors (Lipinski definition) is 1. The summed E-state index contributed by atoms with van der Waals surface area (Å²) in [7, 11) is 0.346. The fraction of sp³-hybridized carbons (Fsp3) is 0.500. The van der Waals surface area contributed by atoms with Crippen molar-refractivity contribution in [3.8, 4) is 0 Å². The Labute approximate surface area is 95.9 Å². The second-order valence-electron chi connectivity index (χ2n) is 3.17. The molecule has 90 valence electrons. The lowest BCUT2D eigenvalue weighted by atomic mass is 10.4. The molecule has 1 rings (SSSR count). The molecule has 1 N–H and O–H groups in total. The van der Waals surface area contributed by atoms with Crippen molar-refractivity contribution in [3.05, 3.63) is 17.9 Å². The fourth-order valence-electron chi connectivity index (χ4n) is 1.14. The first-order chi connectivity index (χ1) is 7.65. The van der Waals surface area contributed by atoms with Crippen LogP contribution in [0.5, 0.6) is 0 Å². The molecule has 0 radical (unpaired) electrons. The van der Waals surface area contributed by atoms with E-state index in [-0.39, 0.29) is 10.9 Å². The highest BCUT2D eigenvalue weighted by molar-refractivity contribution is 7.84. The zero-order valence-electron chi connectivity index (χ0n) is 8.97. The maximum absolute atomic E-state index is 11.6. The predicted octanol–water partition coefficient (Wildman–Crippen LogP) is 1.51. The van der Waals surface area contributed by atoms with E-state index < -0.39 is 16.8 Å². The van der Waals surface area contributed by atoms with Crippen molar-refractivity contribution < 1.29 is 23.3 Å². The lowest BCUT2D eigenvalue weighted by Gasteiger charge is -1.98. The highest BCUT2D eigenvalue weighted by Gasteiger charge is 2.13. The molecule has 0 aliphatic rings. The normalized spacial score (nSPS) is 12.6. The summed E-state index contributed by atoms with van der Waals surface area (Å²) < 4.78 is 21.4. The Bertz CT molecular complexity index is 371. The van der Waals surface area contributed by atoms with Gasteiger partial charge in [-0.15, -0.1) is 0 Å². The largest absolute Gasteiger partial charge is 0.475 e. The minimum atomic E-state index is -1.27. The van der Waals surface area contributed by atoms with Crippen molar-refractivity contribution in [2.75, 3.05) is 19.5 Å². The van der Waals surface area contributed by atoms with Crippen molar-refractivity contribution in [2.45, 2.75) is 17.9 Å². The molecular weight excluding hydrogens is 232 g/mol. The Morgan fingerprint density at radius 3 is 2.81 bits per heavy atom. The number of methoxy groups -OCH3 is 1. The summed E-state index contributed by atoms with van der Waals surface area (Å²) in [4.78, 5) is 10.5. The summed E-state index contributed by atoms with van der Waals surface area (Å²) in [5.74, 6) is -0.876. The summed E-state index contributed by atoms with van der Waals surface area (Å²) in [5, 5.41) is 8.83. The molecule has 0 bridgehead atoms. The second kappa shape index (κ2) is 6.44. The van der Waals surface area contributed by atoms with E-state index in [9.17, 15) is 9.00 Å². The summed E-state index contributed by atoms with van der Waals surface area (Å²) in [6, 6.07) is 2.75. The van der Waals surface area contributed by atoms with Gasteiger partial charge in [-0.1, -0.05) is 0 Å². The van der Waals surface area contributed by atoms with Gasteiger partial charge in [0.1, 0.15) is 0 Å². The zero-order chi connectivity index (χ0) is 12.0. The minimum absolute atomic E-state index is 0.180. The van der Waals surface area contributed by atoms with Gasteiger partial charge in [-0.2, -0.15) is 0 Å². The predicted molar refractivity (Wildman–Crippen MR) is 58.1 cm³/mol. The zero-order valence-corrected chi connectivity index (χ0v) is 9.79. The van der Waals surface area contributed by atoms with Crippen LogP contribution in [0.3, 0.4) is 0 Å². The molecule has 0 aliphatic heterocycles. The van der Waals surface area contributed by atoms with Crippen LogP contribution in [-0.4, -0.2) is 34.8 Å². The summed E-state index contributed by atoms with van der Waals surface area (Å²) in [6.45, 7) is 0.635. The van der Waals surface area contributed by atoms with Crippen molar-refractivity contribution in [3.63, 3.8) is 0 Å². The molecule has 16 heavy (non-hydrogen) atoms. The first kappa shape index (κ1) is 12.9. The van der Waals surface area contributed by atoms with E-state index in [0.29, 0.717) is 12.4 Å². The van der Waals surface area contributed by atoms with Gasteiger partial charge in [0.15, 0.2) is 5.09 Å². The third kappa shape index (κ3) is 3.79. The van der Waals surface area contributed by atoms with E-state index in [1.54, 1.807) is 7.11 Å². The topological polar surface area (TPSA) is 76.7 Å². The van der Waals surface area contributed by atoms with Crippen molar-refractivity contribution >= 4 is 16.8 Å². The number of rotatable bonds is 7. The van der Waals surface area contributed by atoms with Crippen molar-refractivity contribution in [1.82, 2.24) is 0 Å². The Morgan fingerprint density at radius 1 is 1.50 bits per heavy atom. The molecule has 0 saturated carbocycles. The highest BCUT2D eigenvalue weighted by Crippen LogP contribution is 2.13. The van der Waals surface area contributed by atoms with Gasteiger partial charge in [0, 0.05) is 19.5 Å². The van der Waals surface area contributed by atoms with Gasteiger partial charge in [-0.25, -0.2) is 4.79 Å². The quantitative estimate of drug-likeness (QED) is 0.738. The molecule has 1 heterocycles. The van der Waals surface area contributed by atoms with Crippen LogP contribution in [0.2, 0.25) is 0 Å². The van der Waals surface area contributed by atoms with E-state index >= 15 is 0 Å². The minimum Gasteiger partial charge on any atom is -0.475 e. The van der Waals surface area contributed by atoms with Crippen molar-refractivity contribution in [2.24, 2.45) is 0 Å². The Kier molecular flexibility index (Phi) is 5.21. The number of aromatic carboxylic acids is 1. The van der Waals surface area contributed by atoms with Crippen LogP contribution in [0.1, 0.15) is 23.4 Å². The fourth-order valence-corrected chi connectivity index (χ4v) is 2.21. The molecule has 0 aliphatic carbocycles. The first-order valence-electron chi connectivity index (χ1n) is 4.85. The monoisotopic (exact) mass is 246 g/mol. The Morgan fingerprint density at radius 2 is 2.25 bits per heavy atom. The molecule has 0 spiro atoms. The number of carboxylic acid groups (broad SMARTS) is 1. The summed E-state index contributed by atoms with van der Waals surface area (Å²) >= 11 is 0. The maximum atomic E-state index is 11.6. The number of carboxylic acids is 1. The van der Waals surface area contributed by atoms with Crippen molar-refractivity contribution in [1.29, 1.82) is 0 Å². The number of carbonyl (C=O) groups is 1. The van der Waals surface area contributed by atoms with E-state index in [1.165, 1.54) is 12.1 Å². The molecule has 1 aromatic rings. The van der Waals surface area contributed by atoms with Gasteiger partial charge in [-0.05, 0) is 25.0 Å². The molecule has 1 aromatic heterocycles. The molecular formula is C10H14O5S. The third-order valence-electron chi connectivity index (χ3n) is 1.94. The number of unbranched alkanes of at least 4 members (excludes halogenated alkanes) is 1. The van der Waals surface area contributed by atoms with Gasteiger partial charge >= 0.3 is 5.97 Å². The lowest BCUT2D eigenvalue weighted by molar-refractivity contribution is 0.0656. The Hall–Kier alpha value is -1.14. The molecule has 0 amide bonds. The van der Waals surface area contributed by atoms with Gasteiger partial charge in [0.25, 0.3) is 0 Å². The molecule has 1 atom stereocenters. The van der Waals surface area contributed by atoms with Gasteiger partial charge in [-0.3, -0.25) is 4.21 Å². The number of hydrogen-bond acceptors (Lipinski definition) is 4. The first-order valence-corrected chi connectivity index (χ1v) is 6.17. The van der Waals surface area contributed by atoms with Crippen LogP contribution in [0.15, 0.2) is 21.6 Å². The van der Waals surface area contributed by atoms with Gasteiger partial charge < -0.3 is 14.3 Å². The SMILES string of the molecule is COCCCCS(=O)c1ccc(C(=O)O)o1. The standard InChI is InChI=1S/C10H14O5S/c1-14-6-2-3-7-16(13)9-5-4-8(15-9)10(11)12/h4-5H,2-3,6-7H2,1H3,(H,11,12). The molecule has 0 aromatic carbocycles. The van der Waals surface area contributed by atoms with Crippen LogP contribution < -0.4 is 0 Å². The Balaban J connectivity index is 2.43. The van der Waals surface area contributed by atoms with Crippen LogP contribution in [0, 0.1) is 0 Å². The van der Waals surface area contributed by atoms with Gasteiger partial charge in [0.2, 0.25) is 5.76 Å². The van der Waals surface area contributed by atoms with E-state index in [2.05, 4.69) is 0 Å². The van der Waals surface area contributed by atoms with Crippen LogP contribution in [0.4, 0.5) is 0 Å². The molecule has 0 fully saturated rings. The average Bonchev–Trinajstić information content (AvgIpc) is 2.73. The smallest absolute Gasteiger partial charge is 0.371 e. The number of furan rings is 1. The van der Waals surface area contributed by atoms with E-state index in [0.717, 1.165) is 12.8 Å². The molecule has 5 nitrogen and oxygen atoms in total. The van der Waals surface area contributed by atoms with Crippen LogP contribution >= 0.6 is 0 Å². The molecule has 0 saturated heterocycles. The lowest BCUT2D eigenvalue weighted by Crippen LogP contribution is -1.99. The highest BCUT2D eigenvalue weighted by atomic mass is 32.2. The third-order valence-corrected chi connectivity index (χ3v) is 3.27. The summed E-state index contributed by atoms with van der Waals surface area (Å²) in [6.07, 6.45) is 1.58. The maximum Gasteiger partial charge on any atom is 0.371 e. The summed E-state index contributed by atoms with van der Waals surface area (Å²) in [5.41, 5.74) is 0. The molecule has 1 unspecified atom stereocenters. The van der Waals surface area contributed by atoms with Crippen LogP contribution in [-0.2, 0) is 15.5 Å². The average molecular weight is 246 g/mol. The van der Waals surface area contributed by atoms with E-state index in [4.69, 9.17) is 14.3 Å². The van der Waals surface area contributed by atoms with E-state index in [1.807, 2.05) is 0 Å². The number of ether oxygens (including phenoxy) is 1.